The van der Waals surface area contributed by atoms with E-state index in [9.17, 15) is 14.9 Å². The fourth-order valence-corrected chi connectivity index (χ4v) is 3.70. The molecule has 31 heavy (non-hydrogen) atoms. The molecule has 1 aromatic heterocycles. The number of hydrogen-bond donors (Lipinski definition) is 1. The summed E-state index contributed by atoms with van der Waals surface area (Å²) >= 11 is 5.89. The van der Waals surface area contributed by atoms with Crippen LogP contribution in [0.4, 0.5) is 11.4 Å². The van der Waals surface area contributed by atoms with Crippen LogP contribution in [-0.4, -0.2) is 15.8 Å². The first-order chi connectivity index (χ1) is 14.8. The molecule has 0 radical (unpaired) electrons. The number of hydrogen-bond acceptors (Lipinski definition) is 4. The molecular formula is C24H18ClN3O3. The minimum Gasteiger partial charge on any atom is -0.322 e. The number of anilines is 1. The Morgan fingerprint density at radius 1 is 1.03 bits per heavy atom. The highest BCUT2D eigenvalue weighted by atomic mass is 35.5. The summed E-state index contributed by atoms with van der Waals surface area (Å²) in [6.07, 6.45) is 0. The second kappa shape index (κ2) is 8.16. The lowest BCUT2D eigenvalue weighted by Gasteiger charge is -2.15. The summed E-state index contributed by atoms with van der Waals surface area (Å²) in [5.74, 6) is -0.374. The molecule has 154 valence electrons. The molecule has 1 amide bonds. The number of fused-ring (bicyclic) bond motifs is 1. The van der Waals surface area contributed by atoms with Crippen molar-refractivity contribution >= 4 is 39.8 Å². The van der Waals surface area contributed by atoms with E-state index in [0.29, 0.717) is 27.8 Å². The first kappa shape index (κ1) is 20.5. The molecule has 4 rings (SSSR count). The van der Waals surface area contributed by atoms with Crippen molar-refractivity contribution in [2.45, 2.75) is 13.8 Å². The van der Waals surface area contributed by atoms with Gasteiger partial charge < -0.3 is 5.32 Å². The number of amides is 1. The molecule has 0 aliphatic carbocycles. The van der Waals surface area contributed by atoms with Crippen molar-refractivity contribution in [2.75, 3.05) is 5.32 Å². The van der Waals surface area contributed by atoms with Crippen LogP contribution in [0.2, 0.25) is 5.02 Å². The van der Waals surface area contributed by atoms with Gasteiger partial charge in [0, 0.05) is 22.7 Å². The number of aromatic nitrogens is 1. The number of nitrogens with zero attached hydrogens (tertiary/aromatic N) is 2. The lowest BCUT2D eigenvalue weighted by atomic mass is 9.96. The summed E-state index contributed by atoms with van der Waals surface area (Å²) in [4.78, 5) is 28.7. The van der Waals surface area contributed by atoms with Crippen LogP contribution in [0, 0.1) is 24.0 Å². The first-order valence-corrected chi connectivity index (χ1v) is 9.94. The highest BCUT2D eigenvalue weighted by Gasteiger charge is 2.20. The number of carbonyl (C=O) groups is 1. The van der Waals surface area contributed by atoms with Gasteiger partial charge in [-0.25, -0.2) is 4.98 Å². The quantitative estimate of drug-likeness (QED) is 0.302. The summed E-state index contributed by atoms with van der Waals surface area (Å²) in [5.41, 5.74) is 4.66. The Balaban J connectivity index is 1.83. The third-order valence-corrected chi connectivity index (χ3v) is 5.41. The summed E-state index contributed by atoms with van der Waals surface area (Å²) < 4.78 is 0. The highest BCUT2D eigenvalue weighted by molar-refractivity contribution is 6.32. The second-order valence-electron chi connectivity index (χ2n) is 7.22. The van der Waals surface area contributed by atoms with Gasteiger partial charge in [0.25, 0.3) is 11.6 Å². The topological polar surface area (TPSA) is 85.1 Å². The predicted molar refractivity (Wildman–Crippen MR) is 123 cm³/mol. The maximum atomic E-state index is 13.3. The van der Waals surface area contributed by atoms with Crippen LogP contribution >= 0.6 is 11.6 Å². The third kappa shape index (κ3) is 3.98. The van der Waals surface area contributed by atoms with E-state index in [1.165, 1.54) is 18.2 Å². The zero-order valence-corrected chi connectivity index (χ0v) is 17.6. The molecule has 0 aliphatic rings. The maximum Gasteiger partial charge on any atom is 0.289 e. The molecule has 0 saturated carbocycles. The smallest absolute Gasteiger partial charge is 0.289 e. The van der Waals surface area contributed by atoms with E-state index in [2.05, 4.69) is 5.32 Å². The van der Waals surface area contributed by atoms with Crippen molar-refractivity contribution in [1.82, 2.24) is 4.98 Å². The summed E-state index contributed by atoms with van der Waals surface area (Å²) in [5, 5.41) is 14.7. The van der Waals surface area contributed by atoms with Gasteiger partial charge in [0.1, 0.15) is 5.02 Å². The second-order valence-corrected chi connectivity index (χ2v) is 7.63. The van der Waals surface area contributed by atoms with E-state index in [4.69, 9.17) is 16.6 Å². The van der Waals surface area contributed by atoms with E-state index in [-0.39, 0.29) is 16.6 Å². The Morgan fingerprint density at radius 2 is 1.74 bits per heavy atom. The molecule has 1 heterocycles. The van der Waals surface area contributed by atoms with E-state index < -0.39 is 4.92 Å². The van der Waals surface area contributed by atoms with Crippen LogP contribution in [0.15, 0.2) is 66.7 Å². The maximum absolute atomic E-state index is 13.3. The number of halogens is 1. The van der Waals surface area contributed by atoms with Crippen molar-refractivity contribution < 1.29 is 9.72 Å². The van der Waals surface area contributed by atoms with Crippen molar-refractivity contribution in [1.29, 1.82) is 0 Å². The van der Waals surface area contributed by atoms with Crippen LogP contribution in [0.1, 0.15) is 21.5 Å². The van der Waals surface area contributed by atoms with Crippen LogP contribution in [0.5, 0.6) is 0 Å². The molecule has 4 aromatic rings. The number of nitrogens with one attached hydrogen (secondary N) is 1. The molecule has 0 aliphatic heterocycles. The normalized spacial score (nSPS) is 10.8. The van der Waals surface area contributed by atoms with Crippen molar-refractivity contribution in [3.63, 3.8) is 0 Å². The predicted octanol–water partition coefficient (Wildman–Crippen LogP) is 6.33. The number of carbonyl (C=O) groups excluding carboxylic acids is 1. The number of nitro groups is 1. The van der Waals surface area contributed by atoms with Gasteiger partial charge in [-0.3, -0.25) is 14.9 Å². The molecule has 0 bridgehead atoms. The van der Waals surface area contributed by atoms with Crippen LogP contribution in [-0.2, 0) is 0 Å². The molecule has 6 nitrogen and oxygen atoms in total. The van der Waals surface area contributed by atoms with Crippen LogP contribution in [0.25, 0.3) is 22.2 Å². The molecular weight excluding hydrogens is 414 g/mol. The Hall–Kier alpha value is -3.77. The monoisotopic (exact) mass is 431 g/mol. The molecule has 7 heteroatoms. The Morgan fingerprint density at radius 3 is 2.45 bits per heavy atom. The Kier molecular flexibility index (Phi) is 5.40. The fraction of sp³-hybridized carbons (Fsp3) is 0.0833. The van der Waals surface area contributed by atoms with E-state index >= 15 is 0 Å². The van der Waals surface area contributed by atoms with Crippen molar-refractivity contribution in [2.24, 2.45) is 0 Å². The average molecular weight is 432 g/mol. The van der Waals surface area contributed by atoms with Gasteiger partial charge in [0.05, 0.1) is 21.7 Å². The molecule has 0 atom stereocenters. The van der Waals surface area contributed by atoms with Crippen LogP contribution < -0.4 is 5.32 Å². The van der Waals surface area contributed by atoms with Crippen molar-refractivity contribution in [3.05, 3.63) is 98.6 Å². The zero-order chi connectivity index (χ0) is 22.1. The fourth-order valence-electron chi connectivity index (χ4n) is 3.52. The number of nitro benzene ring substituents is 1. The van der Waals surface area contributed by atoms with Gasteiger partial charge in [-0.1, -0.05) is 59.6 Å². The standard InChI is InChI=1S/C24H18ClN3O3/c1-14-7-9-16(10-8-14)23-15(2)22(18-5-3-4-6-20(18)27-23)24(29)26-17-11-12-19(25)21(13-17)28(30)31/h3-13H,1-2H3,(H,26,29). The highest BCUT2D eigenvalue weighted by Crippen LogP contribution is 2.32. The van der Waals surface area contributed by atoms with Gasteiger partial charge in [0.2, 0.25) is 0 Å². The number of pyridine rings is 1. The number of benzene rings is 3. The van der Waals surface area contributed by atoms with E-state index in [1.54, 1.807) is 0 Å². The third-order valence-electron chi connectivity index (χ3n) is 5.09. The molecule has 0 fully saturated rings. The number of rotatable bonds is 4. The van der Waals surface area contributed by atoms with Gasteiger partial charge in [-0.2, -0.15) is 0 Å². The molecule has 0 spiro atoms. The molecule has 0 unspecified atom stereocenters. The zero-order valence-electron chi connectivity index (χ0n) is 16.8. The van der Waals surface area contributed by atoms with E-state index in [1.807, 2.05) is 62.4 Å². The molecule has 0 saturated heterocycles. The molecule has 3 aromatic carbocycles. The Bertz CT molecular complexity index is 1330. The summed E-state index contributed by atoms with van der Waals surface area (Å²) in [6, 6.07) is 19.5. The van der Waals surface area contributed by atoms with Gasteiger partial charge in [0.15, 0.2) is 0 Å². The van der Waals surface area contributed by atoms with E-state index in [0.717, 1.165) is 16.7 Å². The lowest BCUT2D eigenvalue weighted by Crippen LogP contribution is -2.15. The van der Waals surface area contributed by atoms with Gasteiger partial charge >= 0.3 is 0 Å². The van der Waals surface area contributed by atoms with Crippen molar-refractivity contribution in [3.8, 4) is 11.3 Å². The minimum atomic E-state index is -0.583. The minimum absolute atomic E-state index is 0.00944. The number of aryl methyl sites for hydroxylation is 1. The van der Waals surface area contributed by atoms with Gasteiger partial charge in [-0.05, 0) is 37.6 Å². The summed E-state index contributed by atoms with van der Waals surface area (Å²) in [7, 11) is 0. The number of para-hydroxylation sites is 1. The average Bonchev–Trinajstić information content (AvgIpc) is 2.75. The SMILES string of the molecule is Cc1ccc(-c2nc3ccccc3c(C(=O)Nc3ccc(Cl)c([N+](=O)[O-])c3)c2C)cc1. The lowest BCUT2D eigenvalue weighted by molar-refractivity contribution is -0.384. The largest absolute Gasteiger partial charge is 0.322 e. The van der Waals surface area contributed by atoms with Crippen LogP contribution in [0.3, 0.4) is 0 Å². The van der Waals surface area contributed by atoms with Gasteiger partial charge in [-0.15, -0.1) is 0 Å². The Labute approximate surface area is 183 Å². The summed E-state index contributed by atoms with van der Waals surface area (Å²) in [6.45, 7) is 3.86. The molecule has 1 N–H and O–H groups in total. The first-order valence-electron chi connectivity index (χ1n) is 9.57.